The number of aliphatic carboxylic acids is 1. The molecule has 2 rings (SSSR count). The lowest BCUT2D eigenvalue weighted by atomic mass is 10.3. The summed E-state index contributed by atoms with van der Waals surface area (Å²) in [6, 6.07) is 11.9. The van der Waals surface area contributed by atoms with E-state index in [4.69, 9.17) is 28.3 Å². The van der Waals surface area contributed by atoms with Crippen LogP contribution in [0.1, 0.15) is 6.42 Å². The molecule has 0 radical (unpaired) electrons. The van der Waals surface area contributed by atoms with Crippen molar-refractivity contribution in [3.05, 3.63) is 58.6 Å². The molecule has 5 nitrogen and oxygen atoms in total. The van der Waals surface area contributed by atoms with E-state index in [1.165, 1.54) is 30.3 Å². The highest BCUT2D eigenvalue weighted by molar-refractivity contribution is 7.92. The van der Waals surface area contributed by atoms with E-state index in [0.29, 0.717) is 15.7 Å². The first-order chi connectivity index (χ1) is 10.8. The molecule has 0 heterocycles. The fraction of sp³-hybridized carbons (Fsp3) is 0.133. The summed E-state index contributed by atoms with van der Waals surface area (Å²) in [5.41, 5.74) is 0.300. The zero-order valence-corrected chi connectivity index (χ0v) is 14.1. The second kappa shape index (κ2) is 7.21. The van der Waals surface area contributed by atoms with Gasteiger partial charge in [0.25, 0.3) is 10.0 Å². The summed E-state index contributed by atoms with van der Waals surface area (Å²) in [5, 5.41) is 9.63. The molecule has 0 unspecified atom stereocenters. The van der Waals surface area contributed by atoms with Crippen molar-refractivity contribution in [3.63, 3.8) is 0 Å². The van der Waals surface area contributed by atoms with E-state index >= 15 is 0 Å². The summed E-state index contributed by atoms with van der Waals surface area (Å²) >= 11 is 11.7. The van der Waals surface area contributed by atoms with Gasteiger partial charge in [-0.15, -0.1) is 0 Å². The lowest BCUT2D eigenvalue weighted by molar-refractivity contribution is -0.136. The minimum Gasteiger partial charge on any atom is -0.481 e. The first-order valence-electron chi connectivity index (χ1n) is 6.56. The Labute approximate surface area is 144 Å². The topological polar surface area (TPSA) is 74.7 Å². The molecule has 0 aliphatic rings. The van der Waals surface area contributed by atoms with Gasteiger partial charge in [0, 0.05) is 16.6 Å². The van der Waals surface area contributed by atoms with Crippen molar-refractivity contribution in [2.45, 2.75) is 11.3 Å². The molecule has 0 aliphatic heterocycles. The SMILES string of the molecule is O=C(O)CCN(c1cccc(Cl)c1)S(=O)(=O)c1ccc(Cl)cc1. The molecule has 122 valence electrons. The second-order valence-electron chi connectivity index (χ2n) is 4.65. The molecular formula is C15H13Cl2NO4S. The Balaban J connectivity index is 2.47. The maximum Gasteiger partial charge on any atom is 0.305 e. The number of benzene rings is 2. The lowest BCUT2D eigenvalue weighted by Gasteiger charge is -2.24. The average Bonchev–Trinajstić information content (AvgIpc) is 2.47. The van der Waals surface area contributed by atoms with Crippen LogP contribution in [-0.4, -0.2) is 26.0 Å². The van der Waals surface area contributed by atoms with Crippen LogP contribution < -0.4 is 4.31 Å². The Bertz CT molecular complexity index is 806. The van der Waals surface area contributed by atoms with Gasteiger partial charge in [-0.1, -0.05) is 29.3 Å². The van der Waals surface area contributed by atoms with Crippen molar-refractivity contribution >= 4 is 44.9 Å². The molecule has 0 saturated heterocycles. The van der Waals surface area contributed by atoms with E-state index in [2.05, 4.69) is 0 Å². The third-order valence-electron chi connectivity index (χ3n) is 3.03. The third-order valence-corrected chi connectivity index (χ3v) is 5.36. The molecule has 8 heteroatoms. The predicted octanol–water partition coefficient (Wildman–Crippen LogP) is 3.66. The number of carboxylic acids is 1. The fourth-order valence-electron chi connectivity index (χ4n) is 1.95. The Hall–Kier alpha value is -1.76. The zero-order chi connectivity index (χ0) is 17.0. The van der Waals surface area contributed by atoms with Crippen LogP contribution in [0.15, 0.2) is 53.4 Å². The highest BCUT2D eigenvalue weighted by Crippen LogP contribution is 2.27. The van der Waals surface area contributed by atoms with Gasteiger partial charge in [0.15, 0.2) is 0 Å². The number of carbonyl (C=O) groups is 1. The number of anilines is 1. The molecule has 0 amide bonds. The summed E-state index contributed by atoms with van der Waals surface area (Å²) in [5.74, 6) is -1.09. The number of sulfonamides is 1. The second-order valence-corrected chi connectivity index (χ2v) is 7.39. The molecule has 0 bridgehead atoms. The Morgan fingerprint density at radius 1 is 1.04 bits per heavy atom. The van der Waals surface area contributed by atoms with E-state index in [1.807, 2.05) is 0 Å². The summed E-state index contributed by atoms with van der Waals surface area (Å²) in [4.78, 5) is 10.9. The molecule has 0 saturated carbocycles. The average molecular weight is 374 g/mol. The van der Waals surface area contributed by atoms with Crippen molar-refractivity contribution < 1.29 is 18.3 Å². The van der Waals surface area contributed by atoms with E-state index in [9.17, 15) is 13.2 Å². The van der Waals surface area contributed by atoms with Gasteiger partial charge in [-0.3, -0.25) is 9.10 Å². The molecule has 0 spiro atoms. The van der Waals surface area contributed by atoms with Gasteiger partial charge in [-0.25, -0.2) is 8.42 Å². The standard InChI is InChI=1S/C15H13Cl2NO4S/c16-11-4-6-14(7-5-11)23(21,22)18(9-8-15(19)20)13-3-1-2-12(17)10-13/h1-7,10H,8-9H2,(H,19,20). The number of nitrogens with zero attached hydrogens (tertiary/aromatic N) is 1. The van der Waals surface area contributed by atoms with Crippen molar-refractivity contribution in [1.82, 2.24) is 0 Å². The van der Waals surface area contributed by atoms with Gasteiger partial charge in [0.05, 0.1) is 17.0 Å². The molecule has 0 atom stereocenters. The molecule has 23 heavy (non-hydrogen) atoms. The lowest BCUT2D eigenvalue weighted by Crippen LogP contribution is -2.33. The van der Waals surface area contributed by atoms with Gasteiger partial charge in [-0.05, 0) is 42.5 Å². The zero-order valence-electron chi connectivity index (χ0n) is 11.8. The van der Waals surface area contributed by atoms with Crippen molar-refractivity contribution in [2.24, 2.45) is 0 Å². The minimum absolute atomic E-state index is 0.0206. The van der Waals surface area contributed by atoms with Gasteiger partial charge in [-0.2, -0.15) is 0 Å². The normalized spacial score (nSPS) is 11.2. The van der Waals surface area contributed by atoms with Gasteiger partial charge < -0.3 is 5.11 Å². The van der Waals surface area contributed by atoms with E-state index in [-0.39, 0.29) is 17.9 Å². The molecule has 0 fully saturated rings. The van der Waals surface area contributed by atoms with Gasteiger partial charge >= 0.3 is 5.97 Å². The molecule has 0 aromatic heterocycles. The summed E-state index contributed by atoms with van der Waals surface area (Å²) in [6.45, 7) is -0.208. The highest BCUT2D eigenvalue weighted by Gasteiger charge is 2.25. The third kappa shape index (κ3) is 4.37. The Morgan fingerprint density at radius 3 is 2.26 bits per heavy atom. The van der Waals surface area contributed by atoms with Crippen LogP contribution >= 0.6 is 23.2 Å². The van der Waals surface area contributed by atoms with Crippen LogP contribution in [0.4, 0.5) is 5.69 Å². The molecular weight excluding hydrogens is 361 g/mol. The summed E-state index contributed by atoms with van der Waals surface area (Å²) < 4.78 is 26.7. The smallest absolute Gasteiger partial charge is 0.305 e. The van der Waals surface area contributed by atoms with Gasteiger partial charge in [0.2, 0.25) is 0 Å². The molecule has 1 N–H and O–H groups in total. The van der Waals surface area contributed by atoms with E-state index in [0.717, 1.165) is 4.31 Å². The van der Waals surface area contributed by atoms with Crippen LogP contribution in [0.2, 0.25) is 10.0 Å². The van der Waals surface area contributed by atoms with Crippen LogP contribution in [0.5, 0.6) is 0 Å². The fourth-order valence-corrected chi connectivity index (χ4v) is 3.72. The monoisotopic (exact) mass is 373 g/mol. The summed E-state index contributed by atoms with van der Waals surface area (Å²) in [7, 11) is -3.93. The highest BCUT2D eigenvalue weighted by atomic mass is 35.5. The van der Waals surface area contributed by atoms with E-state index in [1.54, 1.807) is 18.2 Å². The number of carboxylic acid groups (broad SMARTS) is 1. The molecule has 2 aromatic rings. The summed E-state index contributed by atoms with van der Waals surface area (Å²) in [6.07, 6.45) is -0.334. The Morgan fingerprint density at radius 2 is 1.70 bits per heavy atom. The number of hydrogen-bond donors (Lipinski definition) is 1. The Kier molecular flexibility index (Phi) is 5.51. The van der Waals surface area contributed by atoms with Crippen molar-refractivity contribution in [1.29, 1.82) is 0 Å². The maximum absolute atomic E-state index is 12.8. The van der Waals surface area contributed by atoms with Crippen LogP contribution in [0, 0.1) is 0 Å². The van der Waals surface area contributed by atoms with E-state index < -0.39 is 16.0 Å². The number of halogens is 2. The maximum atomic E-state index is 12.8. The predicted molar refractivity (Wildman–Crippen MR) is 89.7 cm³/mol. The molecule has 0 aliphatic carbocycles. The minimum atomic E-state index is -3.93. The number of hydrogen-bond acceptors (Lipinski definition) is 3. The number of rotatable bonds is 6. The molecule has 2 aromatic carbocycles. The van der Waals surface area contributed by atoms with Crippen LogP contribution in [-0.2, 0) is 14.8 Å². The first kappa shape index (κ1) is 17.6. The van der Waals surface area contributed by atoms with Crippen LogP contribution in [0.25, 0.3) is 0 Å². The van der Waals surface area contributed by atoms with Crippen molar-refractivity contribution in [2.75, 3.05) is 10.8 Å². The van der Waals surface area contributed by atoms with Crippen LogP contribution in [0.3, 0.4) is 0 Å². The first-order valence-corrected chi connectivity index (χ1v) is 8.76. The largest absolute Gasteiger partial charge is 0.481 e. The van der Waals surface area contributed by atoms with Crippen molar-refractivity contribution in [3.8, 4) is 0 Å². The quantitative estimate of drug-likeness (QED) is 0.837. The van der Waals surface area contributed by atoms with Gasteiger partial charge in [0.1, 0.15) is 0 Å².